The summed E-state index contributed by atoms with van der Waals surface area (Å²) in [6.07, 6.45) is 3.19. The molecule has 1 aromatic carbocycles. The minimum Gasteiger partial charge on any atom is -0.726 e. The SMILES string of the molecule is C=CCOS(=O)(=O)[O-].C=CCc1ccccc1S(=O)(=O)O.[Na+]. The molecule has 0 atom stereocenters. The molecule has 0 radical (unpaired) electrons. The van der Waals surface area contributed by atoms with Crippen LogP contribution in [0.3, 0.4) is 0 Å². The van der Waals surface area contributed by atoms with Gasteiger partial charge >= 0.3 is 29.6 Å². The molecule has 1 aromatic rings. The first-order chi connectivity index (χ1) is 9.61. The fraction of sp³-hybridized carbons (Fsp3) is 0.167. The van der Waals surface area contributed by atoms with Crippen LogP contribution in [-0.2, 0) is 31.1 Å². The second kappa shape index (κ2) is 11.1. The summed E-state index contributed by atoms with van der Waals surface area (Å²) in [5, 5.41) is 0. The zero-order valence-corrected chi connectivity index (χ0v) is 15.6. The first-order valence-corrected chi connectivity index (χ1v) is 8.26. The van der Waals surface area contributed by atoms with Gasteiger partial charge in [0.2, 0.25) is 10.4 Å². The average molecular weight is 358 g/mol. The summed E-state index contributed by atoms with van der Waals surface area (Å²) in [5.74, 6) is 0. The molecule has 1 N–H and O–H groups in total. The Balaban J connectivity index is 0. The Labute approximate surface area is 152 Å². The van der Waals surface area contributed by atoms with Gasteiger partial charge in [-0.05, 0) is 18.1 Å². The van der Waals surface area contributed by atoms with Gasteiger partial charge in [-0.2, -0.15) is 8.42 Å². The second-order valence-electron chi connectivity index (χ2n) is 3.56. The third kappa shape index (κ3) is 11.1. The molecule has 0 aliphatic heterocycles. The topological polar surface area (TPSA) is 121 Å². The Kier molecular flexibility index (Phi) is 12.0. The van der Waals surface area contributed by atoms with Gasteiger partial charge in [0.05, 0.1) is 11.5 Å². The first kappa shape index (κ1) is 23.7. The Morgan fingerprint density at radius 2 is 1.68 bits per heavy atom. The maximum Gasteiger partial charge on any atom is 1.00 e. The maximum absolute atomic E-state index is 10.8. The molecule has 0 aliphatic rings. The first-order valence-electron chi connectivity index (χ1n) is 5.49. The van der Waals surface area contributed by atoms with E-state index in [0.29, 0.717) is 12.0 Å². The summed E-state index contributed by atoms with van der Waals surface area (Å²) in [6.45, 7) is 6.38. The Bertz CT molecular complexity index is 681. The maximum atomic E-state index is 10.8. The van der Waals surface area contributed by atoms with E-state index >= 15 is 0 Å². The summed E-state index contributed by atoms with van der Waals surface area (Å²) in [6, 6.07) is 6.29. The normalized spacial score (nSPS) is 10.6. The minimum absolute atomic E-state index is 0. The van der Waals surface area contributed by atoms with Crippen molar-refractivity contribution in [1.82, 2.24) is 0 Å². The van der Waals surface area contributed by atoms with Crippen LogP contribution in [0.5, 0.6) is 0 Å². The van der Waals surface area contributed by atoms with E-state index in [0.717, 1.165) is 0 Å². The van der Waals surface area contributed by atoms with Gasteiger partial charge in [0.1, 0.15) is 0 Å². The fourth-order valence-corrected chi connectivity index (χ4v) is 2.21. The van der Waals surface area contributed by atoms with Gasteiger partial charge in [-0.3, -0.25) is 8.74 Å². The summed E-state index contributed by atoms with van der Waals surface area (Å²) >= 11 is 0. The van der Waals surface area contributed by atoms with Crippen molar-refractivity contribution in [3.05, 3.63) is 55.1 Å². The van der Waals surface area contributed by atoms with Crippen LogP contribution < -0.4 is 29.6 Å². The molecule has 0 saturated heterocycles. The van der Waals surface area contributed by atoms with E-state index in [1.54, 1.807) is 24.3 Å². The Morgan fingerprint density at radius 1 is 1.14 bits per heavy atom. The second-order valence-corrected chi connectivity index (χ2v) is 6.00. The van der Waals surface area contributed by atoms with Crippen molar-refractivity contribution in [3.63, 3.8) is 0 Å². The van der Waals surface area contributed by atoms with Crippen LogP contribution in [0.25, 0.3) is 0 Å². The van der Waals surface area contributed by atoms with E-state index in [-0.39, 0.29) is 41.1 Å². The monoisotopic (exact) mass is 358 g/mol. The summed E-state index contributed by atoms with van der Waals surface area (Å²) in [5.41, 5.74) is 0.556. The van der Waals surface area contributed by atoms with Crippen LogP contribution in [-0.4, -0.2) is 32.5 Å². The van der Waals surface area contributed by atoms with Gasteiger partial charge in [0.25, 0.3) is 10.1 Å². The van der Waals surface area contributed by atoms with Crippen LogP contribution >= 0.6 is 0 Å². The van der Waals surface area contributed by atoms with Gasteiger partial charge in [0.15, 0.2) is 0 Å². The molecule has 118 valence electrons. The van der Waals surface area contributed by atoms with Crippen LogP contribution in [0.4, 0.5) is 0 Å². The van der Waals surface area contributed by atoms with Crippen molar-refractivity contribution in [2.45, 2.75) is 11.3 Å². The molecule has 0 heterocycles. The predicted molar refractivity (Wildman–Crippen MR) is 76.0 cm³/mol. The van der Waals surface area contributed by atoms with Crippen molar-refractivity contribution in [2.75, 3.05) is 6.61 Å². The molecule has 0 saturated carbocycles. The number of hydrogen-bond donors (Lipinski definition) is 1. The predicted octanol–water partition coefficient (Wildman–Crippen LogP) is -1.68. The number of benzene rings is 1. The van der Waals surface area contributed by atoms with Crippen LogP contribution in [0, 0.1) is 0 Å². The van der Waals surface area contributed by atoms with Crippen LogP contribution in [0.15, 0.2) is 54.5 Å². The van der Waals surface area contributed by atoms with Crippen molar-refractivity contribution in [1.29, 1.82) is 0 Å². The zero-order valence-electron chi connectivity index (χ0n) is 12.0. The molecule has 7 nitrogen and oxygen atoms in total. The molecule has 1 rings (SSSR count). The Morgan fingerprint density at radius 3 is 2.05 bits per heavy atom. The summed E-state index contributed by atoms with van der Waals surface area (Å²) in [7, 11) is -8.61. The standard InChI is InChI=1S/C9H10O3S.C3H6O4S.Na/c1-2-5-8-6-3-4-7-9(8)13(10,11)12;1-2-3-7-8(4,5)6;/h2-4,6-7H,1,5H2,(H,10,11,12);2H,1,3H2,(H,4,5,6);/q;;+1/p-1. The molecule has 0 bridgehead atoms. The van der Waals surface area contributed by atoms with Crippen molar-refractivity contribution in [2.24, 2.45) is 0 Å². The smallest absolute Gasteiger partial charge is 0.726 e. The molecular weight excluding hydrogens is 343 g/mol. The fourth-order valence-electron chi connectivity index (χ4n) is 1.21. The van der Waals surface area contributed by atoms with Gasteiger partial charge in [0, 0.05) is 0 Å². The van der Waals surface area contributed by atoms with E-state index in [1.807, 2.05) is 0 Å². The molecule has 10 heteroatoms. The van der Waals surface area contributed by atoms with Gasteiger partial charge in [-0.15, -0.1) is 13.2 Å². The molecule has 0 amide bonds. The van der Waals surface area contributed by atoms with E-state index in [4.69, 9.17) is 4.55 Å². The average Bonchev–Trinajstić information content (AvgIpc) is 2.36. The third-order valence-corrected chi connectivity index (χ3v) is 3.32. The molecule has 22 heavy (non-hydrogen) atoms. The quantitative estimate of drug-likeness (QED) is 0.279. The Hall–Kier alpha value is -0.520. The van der Waals surface area contributed by atoms with E-state index in [9.17, 15) is 21.4 Å². The molecule has 0 spiro atoms. The largest absolute Gasteiger partial charge is 1.00 e. The summed E-state index contributed by atoms with van der Waals surface area (Å²) in [4.78, 5) is -0.0464. The van der Waals surface area contributed by atoms with Crippen molar-refractivity contribution < 1.29 is 59.7 Å². The number of rotatable bonds is 6. The molecule has 0 unspecified atom stereocenters. The van der Waals surface area contributed by atoms with Crippen LogP contribution in [0.2, 0.25) is 0 Å². The summed E-state index contributed by atoms with van der Waals surface area (Å²) < 4.78 is 62.9. The third-order valence-electron chi connectivity index (χ3n) is 1.94. The minimum atomic E-state index is -4.51. The molecule has 0 fully saturated rings. The number of allylic oxidation sites excluding steroid dienone is 1. The van der Waals surface area contributed by atoms with E-state index in [2.05, 4.69) is 17.3 Å². The van der Waals surface area contributed by atoms with Gasteiger partial charge in [-0.25, -0.2) is 8.42 Å². The zero-order chi connectivity index (χ0) is 16.5. The van der Waals surface area contributed by atoms with Gasteiger partial charge in [-0.1, -0.05) is 30.4 Å². The van der Waals surface area contributed by atoms with Gasteiger partial charge < -0.3 is 4.55 Å². The van der Waals surface area contributed by atoms with E-state index in [1.165, 1.54) is 12.1 Å². The molecule has 0 aliphatic carbocycles. The van der Waals surface area contributed by atoms with E-state index < -0.39 is 20.5 Å². The molecular formula is C12H15NaO7S2. The van der Waals surface area contributed by atoms with Crippen LogP contribution in [0.1, 0.15) is 5.56 Å². The van der Waals surface area contributed by atoms with Crippen molar-refractivity contribution in [3.8, 4) is 0 Å². The van der Waals surface area contributed by atoms with Crippen molar-refractivity contribution >= 4 is 20.5 Å². The molecule has 0 aromatic heterocycles. The number of hydrogen-bond acceptors (Lipinski definition) is 6.